The SMILES string of the molecule is CNc1cn(C(C)c2cc(F)cnc2OC)nn1.NC(C=O)C(C1CC1)C1CC1. The maximum absolute atomic E-state index is 13.3. The number of methoxy groups -OCH3 is 1. The largest absolute Gasteiger partial charge is 0.481 e. The number of anilines is 1. The highest BCUT2D eigenvalue weighted by Crippen LogP contribution is 2.49. The van der Waals surface area contributed by atoms with Gasteiger partial charge in [0.25, 0.3) is 0 Å². The number of halogens is 1. The number of hydrogen-bond donors (Lipinski definition) is 2. The van der Waals surface area contributed by atoms with Gasteiger partial charge in [-0.3, -0.25) is 0 Å². The second-order valence-electron chi connectivity index (χ2n) is 7.73. The smallest absolute Gasteiger partial charge is 0.218 e. The fraction of sp³-hybridized carbons (Fsp3) is 0.600. The number of rotatable bonds is 8. The lowest BCUT2D eigenvalue weighted by atomic mass is 9.91. The summed E-state index contributed by atoms with van der Waals surface area (Å²) in [6.45, 7) is 1.87. The molecule has 2 aliphatic rings. The number of nitrogens with two attached hydrogens (primary N) is 1. The lowest BCUT2D eigenvalue weighted by Gasteiger charge is -2.17. The van der Waals surface area contributed by atoms with E-state index in [1.54, 1.807) is 17.9 Å². The van der Waals surface area contributed by atoms with Crippen LogP contribution in [-0.4, -0.2) is 46.5 Å². The molecule has 0 aliphatic heterocycles. The highest BCUT2D eigenvalue weighted by molar-refractivity contribution is 5.58. The van der Waals surface area contributed by atoms with Crippen molar-refractivity contribution in [2.45, 2.75) is 44.7 Å². The molecule has 2 heterocycles. The van der Waals surface area contributed by atoms with Crippen LogP contribution in [0.25, 0.3) is 0 Å². The van der Waals surface area contributed by atoms with E-state index in [1.807, 2.05) is 6.92 Å². The van der Waals surface area contributed by atoms with E-state index in [0.717, 1.165) is 24.3 Å². The van der Waals surface area contributed by atoms with Gasteiger partial charge in [-0.1, -0.05) is 5.21 Å². The van der Waals surface area contributed by atoms with Gasteiger partial charge in [0, 0.05) is 12.6 Å². The first-order valence-electron chi connectivity index (χ1n) is 9.98. The van der Waals surface area contributed by atoms with Crippen LogP contribution in [0.15, 0.2) is 18.5 Å². The molecule has 9 heteroatoms. The number of nitrogens with one attached hydrogen (secondary N) is 1. The third kappa shape index (κ3) is 5.29. The Bertz CT molecular complexity index is 809. The van der Waals surface area contributed by atoms with Crippen molar-refractivity contribution >= 4 is 12.1 Å². The summed E-state index contributed by atoms with van der Waals surface area (Å²) < 4.78 is 20.0. The Kier molecular flexibility index (Phi) is 6.79. The summed E-state index contributed by atoms with van der Waals surface area (Å²) >= 11 is 0. The van der Waals surface area contributed by atoms with Gasteiger partial charge in [0.15, 0.2) is 5.82 Å². The van der Waals surface area contributed by atoms with Gasteiger partial charge in [0.1, 0.15) is 12.1 Å². The van der Waals surface area contributed by atoms with Crippen molar-refractivity contribution in [2.75, 3.05) is 19.5 Å². The van der Waals surface area contributed by atoms with Crippen molar-refractivity contribution in [3.63, 3.8) is 0 Å². The minimum Gasteiger partial charge on any atom is -0.481 e. The van der Waals surface area contributed by atoms with E-state index in [2.05, 4.69) is 20.6 Å². The van der Waals surface area contributed by atoms with Crippen LogP contribution in [0.2, 0.25) is 0 Å². The van der Waals surface area contributed by atoms with E-state index in [1.165, 1.54) is 38.9 Å². The average molecular weight is 404 g/mol. The van der Waals surface area contributed by atoms with Crippen molar-refractivity contribution in [3.8, 4) is 5.88 Å². The number of pyridine rings is 1. The molecule has 2 unspecified atom stereocenters. The normalized spacial score (nSPS) is 17.9. The molecule has 2 atom stereocenters. The van der Waals surface area contributed by atoms with Crippen molar-refractivity contribution in [1.82, 2.24) is 20.0 Å². The second kappa shape index (κ2) is 9.30. The molecule has 2 fully saturated rings. The van der Waals surface area contributed by atoms with Crippen LogP contribution < -0.4 is 15.8 Å². The summed E-state index contributed by atoms with van der Waals surface area (Å²) in [7, 11) is 3.25. The molecule has 8 nitrogen and oxygen atoms in total. The van der Waals surface area contributed by atoms with Crippen LogP contribution in [0, 0.1) is 23.6 Å². The van der Waals surface area contributed by atoms with E-state index in [4.69, 9.17) is 10.5 Å². The van der Waals surface area contributed by atoms with Gasteiger partial charge in [-0.15, -0.1) is 5.10 Å². The third-order valence-corrected chi connectivity index (χ3v) is 5.59. The summed E-state index contributed by atoms with van der Waals surface area (Å²) in [6, 6.07) is 0.991. The Morgan fingerprint density at radius 1 is 1.34 bits per heavy atom. The monoisotopic (exact) mass is 404 g/mol. The molecule has 158 valence electrons. The van der Waals surface area contributed by atoms with E-state index in [-0.39, 0.29) is 12.1 Å². The molecule has 0 radical (unpaired) electrons. The number of carbonyl (C=O) groups excluding carboxylic acids is 1. The molecule has 29 heavy (non-hydrogen) atoms. The molecule has 2 aromatic heterocycles. The Morgan fingerprint density at radius 2 is 2.00 bits per heavy atom. The molecule has 2 aliphatic carbocycles. The molecular formula is C20H29FN6O2. The average Bonchev–Trinajstić information content (AvgIpc) is 3.68. The molecule has 2 aromatic rings. The second-order valence-corrected chi connectivity index (χ2v) is 7.73. The number of aldehydes is 1. The zero-order chi connectivity index (χ0) is 21.0. The highest BCUT2D eigenvalue weighted by atomic mass is 19.1. The molecule has 0 aromatic carbocycles. The van der Waals surface area contributed by atoms with E-state index in [0.29, 0.717) is 23.2 Å². The Balaban J connectivity index is 0.000000186. The molecule has 0 saturated heterocycles. The van der Waals surface area contributed by atoms with Crippen molar-refractivity contribution in [1.29, 1.82) is 0 Å². The maximum Gasteiger partial charge on any atom is 0.218 e. The fourth-order valence-corrected chi connectivity index (χ4v) is 3.70. The molecule has 0 bridgehead atoms. The van der Waals surface area contributed by atoms with Gasteiger partial charge in [0.05, 0.1) is 31.6 Å². The van der Waals surface area contributed by atoms with E-state index in [9.17, 15) is 9.18 Å². The van der Waals surface area contributed by atoms with Gasteiger partial charge in [-0.25, -0.2) is 14.1 Å². The van der Waals surface area contributed by atoms with Crippen LogP contribution in [0.5, 0.6) is 5.88 Å². The van der Waals surface area contributed by atoms with Crippen molar-refractivity contribution < 1.29 is 13.9 Å². The predicted octanol–water partition coefficient (Wildman–Crippen LogP) is 2.42. The molecule has 4 rings (SSSR count). The quantitative estimate of drug-likeness (QED) is 0.651. The van der Waals surface area contributed by atoms with Gasteiger partial charge >= 0.3 is 0 Å². The molecule has 2 saturated carbocycles. The zero-order valence-corrected chi connectivity index (χ0v) is 17.1. The first-order valence-corrected chi connectivity index (χ1v) is 9.98. The summed E-state index contributed by atoms with van der Waals surface area (Å²) in [5, 5.41) is 10.8. The maximum atomic E-state index is 13.3. The van der Waals surface area contributed by atoms with Crippen LogP contribution >= 0.6 is 0 Å². The Labute approximate surface area is 170 Å². The topological polar surface area (TPSA) is 108 Å². The van der Waals surface area contributed by atoms with Crippen LogP contribution in [-0.2, 0) is 4.79 Å². The Hall–Kier alpha value is -2.55. The molecule has 0 spiro atoms. The minimum absolute atomic E-state index is 0.171. The first kappa shape index (κ1) is 21.2. The van der Waals surface area contributed by atoms with Crippen LogP contribution in [0.4, 0.5) is 10.2 Å². The number of ether oxygens (including phenoxy) is 1. The van der Waals surface area contributed by atoms with Gasteiger partial charge < -0.3 is 20.6 Å². The van der Waals surface area contributed by atoms with Crippen molar-refractivity contribution in [3.05, 3.63) is 29.8 Å². The van der Waals surface area contributed by atoms with Crippen LogP contribution in [0.1, 0.15) is 44.2 Å². The lowest BCUT2D eigenvalue weighted by molar-refractivity contribution is -0.110. The molecular weight excluding hydrogens is 375 g/mol. The predicted molar refractivity (Wildman–Crippen MR) is 107 cm³/mol. The standard InChI is InChI=1S/C11H14FN5O.C9H15NO/c1-7(17-6-10(13-2)15-16-17)9-4-8(12)5-14-11(9)18-3;10-8(5-11)9(6-1-2-6)7-3-4-7/h4-7,13H,1-3H3;5-9H,1-4,10H2. The van der Waals surface area contributed by atoms with Gasteiger partial charge in [-0.05, 0) is 56.4 Å². The van der Waals surface area contributed by atoms with Gasteiger partial charge in [-0.2, -0.15) is 0 Å². The van der Waals surface area contributed by atoms with Crippen LogP contribution in [0.3, 0.4) is 0 Å². The third-order valence-electron chi connectivity index (χ3n) is 5.59. The Morgan fingerprint density at radius 3 is 2.48 bits per heavy atom. The number of aromatic nitrogens is 4. The minimum atomic E-state index is -0.411. The van der Waals surface area contributed by atoms with Gasteiger partial charge in [0.2, 0.25) is 5.88 Å². The first-order chi connectivity index (χ1) is 14.0. The summed E-state index contributed by atoms with van der Waals surface area (Å²) in [4.78, 5) is 14.4. The van der Waals surface area contributed by atoms with E-state index >= 15 is 0 Å². The molecule has 0 amide bonds. The summed E-state index contributed by atoms with van der Waals surface area (Å²) in [6.07, 6.45) is 9.02. The number of hydrogen-bond acceptors (Lipinski definition) is 7. The summed E-state index contributed by atoms with van der Waals surface area (Å²) in [5.74, 6) is 2.74. The summed E-state index contributed by atoms with van der Waals surface area (Å²) in [5.41, 5.74) is 6.35. The number of carbonyl (C=O) groups is 1. The highest BCUT2D eigenvalue weighted by Gasteiger charge is 2.44. The zero-order valence-electron chi connectivity index (χ0n) is 17.1. The number of nitrogens with zero attached hydrogens (tertiary/aromatic N) is 4. The molecule has 3 N–H and O–H groups in total. The fourth-order valence-electron chi connectivity index (χ4n) is 3.70. The van der Waals surface area contributed by atoms with Crippen molar-refractivity contribution in [2.24, 2.45) is 23.5 Å². The lowest BCUT2D eigenvalue weighted by Crippen LogP contribution is -2.34. The van der Waals surface area contributed by atoms with E-state index < -0.39 is 5.82 Å².